The molecule has 0 spiro atoms. The summed E-state index contributed by atoms with van der Waals surface area (Å²) in [5.41, 5.74) is 2.91. The molecule has 5 nitrogen and oxygen atoms in total. The second kappa shape index (κ2) is 10.3. The summed E-state index contributed by atoms with van der Waals surface area (Å²) in [4.78, 5) is 29.2. The lowest BCUT2D eigenvalue weighted by Gasteiger charge is -2.23. The Balaban J connectivity index is 1.52. The Kier molecular flexibility index (Phi) is 6.92. The van der Waals surface area contributed by atoms with Crippen molar-refractivity contribution in [2.24, 2.45) is 0 Å². The Bertz CT molecular complexity index is 1490. The van der Waals surface area contributed by atoms with E-state index in [0.29, 0.717) is 43.2 Å². The van der Waals surface area contributed by atoms with E-state index >= 15 is 0 Å². The Morgan fingerprint density at radius 3 is 2.14 bits per heavy atom. The third-order valence-electron chi connectivity index (χ3n) is 5.89. The summed E-state index contributed by atoms with van der Waals surface area (Å²) in [6.07, 6.45) is 0. The van der Waals surface area contributed by atoms with E-state index in [1.165, 1.54) is 0 Å². The molecule has 0 aromatic heterocycles. The molecule has 5 rings (SSSR count). The summed E-state index contributed by atoms with van der Waals surface area (Å²) in [7, 11) is -1.60. The Morgan fingerprint density at radius 1 is 0.806 bits per heavy atom. The summed E-state index contributed by atoms with van der Waals surface area (Å²) < 4.78 is 13.5. The second-order valence-corrected chi connectivity index (χ2v) is 10.6. The van der Waals surface area contributed by atoms with Crippen LogP contribution in [0.5, 0.6) is 0 Å². The number of amides is 2. The van der Waals surface area contributed by atoms with Crippen LogP contribution >= 0.6 is 23.2 Å². The van der Waals surface area contributed by atoms with Gasteiger partial charge in [0.15, 0.2) is 0 Å². The Labute approximate surface area is 221 Å². The van der Waals surface area contributed by atoms with Gasteiger partial charge in [0.25, 0.3) is 11.8 Å². The number of carbonyl (C=O) groups is 2. The molecule has 2 amide bonds. The maximum Gasteiger partial charge on any atom is 0.259 e. The zero-order valence-electron chi connectivity index (χ0n) is 18.9. The number of fused-ring (bicyclic) bond motifs is 2. The molecule has 8 heteroatoms. The van der Waals surface area contributed by atoms with Crippen LogP contribution in [-0.2, 0) is 23.9 Å². The predicted octanol–water partition coefficient (Wildman–Crippen LogP) is 6.25. The Hall–Kier alpha value is -3.45. The van der Waals surface area contributed by atoms with Gasteiger partial charge in [-0.05, 0) is 65.7 Å². The summed E-state index contributed by atoms with van der Waals surface area (Å²) >= 11 is 12.0. The molecule has 4 aromatic carbocycles. The maximum atomic E-state index is 13.7. The number of nitrogens with one attached hydrogen (secondary N) is 1. The molecule has 180 valence electrons. The highest BCUT2D eigenvalue weighted by molar-refractivity contribution is 7.85. The standard InChI is InChI=1S/C28H20Cl2N2O3S/c29-21-10-5-18(6-11-21)16-31-27(33)20-9-14-26-24(15-20)32(17-19-7-12-22(30)13-8-19)28(34)23-3-1-2-4-25(23)36(26)35/h1-15H,16-17H2,(H,31,33)/t36-/m1/s1. The molecule has 0 unspecified atom stereocenters. The van der Waals surface area contributed by atoms with Gasteiger partial charge in [-0.15, -0.1) is 0 Å². The fourth-order valence-electron chi connectivity index (χ4n) is 4.02. The maximum absolute atomic E-state index is 13.7. The van der Waals surface area contributed by atoms with Crippen molar-refractivity contribution >= 4 is 51.5 Å². The minimum atomic E-state index is -1.60. The van der Waals surface area contributed by atoms with Crippen molar-refractivity contribution in [3.8, 4) is 0 Å². The molecule has 0 saturated heterocycles. The van der Waals surface area contributed by atoms with Crippen LogP contribution in [0.4, 0.5) is 5.69 Å². The van der Waals surface area contributed by atoms with Crippen LogP contribution < -0.4 is 10.2 Å². The van der Waals surface area contributed by atoms with Crippen LogP contribution in [0.15, 0.2) is 101 Å². The van der Waals surface area contributed by atoms with E-state index < -0.39 is 10.8 Å². The molecule has 1 atom stereocenters. The van der Waals surface area contributed by atoms with Gasteiger partial charge in [0.1, 0.15) is 0 Å². The highest BCUT2D eigenvalue weighted by Crippen LogP contribution is 2.36. The first-order chi connectivity index (χ1) is 17.4. The van der Waals surface area contributed by atoms with Gasteiger partial charge >= 0.3 is 0 Å². The predicted molar refractivity (Wildman–Crippen MR) is 142 cm³/mol. The third kappa shape index (κ3) is 4.93. The number of benzene rings is 4. The molecule has 0 bridgehead atoms. The topological polar surface area (TPSA) is 66.5 Å². The van der Waals surface area contributed by atoms with Crippen molar-refractivity contribution in [2.45, 2.75) is 22.9 Å². The number of halogens is 2. The zero-order valence-corrected chi connectivity index (χ0v) is 21.2. The third-order valence-corrected chi connectivity index (χ3v) is 7.90. The molecule has 36 heavy (non-hydrogen) atoms. The van der Waals surface area contributed by atoms with Crippen molar-refractivity contribution in [1.82, 2.24) is 5.32 Å². The van der Waals surface area contributed by atoms with E-state index in [0.717, 1.165) is 11.1 Å². The highest BCUT2D eigenvalue weighted by Gasteiger charge is 2.31. The van der Waals surface area contributed by atoms with E-state index in [9.17, 15) is 13.8 Å². The molecular weight excluding hydrogens is 515 g/mol. The number of rotatable bonds is 5. The lowest BCUT2D eigenvalue weighted by atomic mass is 10.1. The van der Waals surface area contributed by atoms with Crippen molar-refractivity contribution in [1.29, 1.82) is 0 Å². The number of hydrogen-bond acceptors (Lipinski definition) is 3. The van der Waals surface area contributed by atoms with Gasteiger partial charge in [-0.2, -0.15) is 0 Å². The van der Waals surface area contributed by atoms with Crippen LogP contribution in [0.2, 0.25) is 10.0 Å². The molecule has 0 radical (unpaired) electrons. The molecule has 0 saturated carbocycles. The molecule has 1 N–H and O–H groups in total. The molecule has 1 heterocycles. The first kappa shape index (κ1) is 24.3. The van der Waals surface area contributed by atoms with E-state index in [2.05, 4.69) is 5.32 Å². The summed E-state index contributed by atoms with van der Waals surface area (Å²) in [5, 5.41) is 4.10. The molecule has 0 fully saturated rings. The van der Waals surface area contributed by atoms with E-state index in [4.69, 9.17) is 23.2 Å². The largest absolute Gasteiger partial charge is 0.348 e. The number of anilines is 1. The van der Waals surface area contributed by atoms with Gasteiger partial charge in [0.05, 0.1) is 38.4 Å². The van der Waals surface area contributed by atoms with Gasteiger partial charge in [-0.25, -0.2) is 4.21 Å². The highest BCUT2D eigenvalue weighted by atomic mass is 35.5. The SMILES string of the molecule is O=C(NCc1ccc(Cl)cc1)c1ccc2c(c1)N(Cc1ccc(Cl)cc1)C(=O)c1ccccc1[S@]2=O. The van der Waals surface area contributed by atoms with Crippen molar-refractivity contribution in [3.63, 3.8) is 0 Å². The lowest BCUT2D eigenvalue weighted by molar-refractivity contribution is 0.0947. The van der Waals surface area contributed by atoms with Crippen molar-refractivity contribution < 1.29 is 13.8 Å². The van der Waals surface area contributed by atoms with Crippen LogP contribution in [0.1, 0.15) is 31.8 Å². The van der Waals surface area contributed by atoms with Gasteiger partial charge in [0.2, 0.25) is 0 Å². The summed E-state index contributed by atoms with van der Waals surface area (Å²) in [6, 6.07) is 26.2. The average Bonchev–Trinajstić information content (AvgIpc) is 2.98. The van der Waals surface area contributed by atoms with Crippen LogP contribution in [0.3, 0.4) is 0 Å². The van der Waals surface area contributed by atoms with Crippen LogP contribution in [-0.4, -0.2) is 16.0 Å². The molecular formula is C28H20Cl2N2O3S. The smallest absolute Gasteiger partial charge is 0.259 e. The Morgan fingerprint density at radius 2 is 1.44 bits per heavy atom. The molecule has 0 aliphatic carbocycles. The number of carbonyl (C=O) groups excluding carboxylic acids is 2. The van der Waals surface area contributed by atoms with Gasteiger partial charge in [0, 0.05) is 22.2 Å². The van der Waals surface area contributed by atoms with Gasteiger partial charge in [-0.3, -0.25) is 9.59 Å². The van der Waals surface area contributed by atoms with Crippen LogP contribution in [0.25, 0.3) is 0 Å². The first-order valence-electron chi connectivity index (χ1n) is 11.1. The van der Waals surface area contributed by atoms with Gasteiger partial charge in [-0.1, -0.05) is 59.6 Å². The average molecular weight is 535 g/mol. The number of hydrogen-bond donors (Lipinski definition) is 1. The second-order valence-electron chi connectivity index (χ2n) is 8.27. The molecule has 4 aromatic rings. The quantitative estimate of drug-likeness (QED) is 0.329. The van der Waals surface area contributed by atoms with Crippen molar-refractivity contribution in [3.05, 3.63) is 123 Å². The number of nitrogens with zero attached hydrogens (tertiary/aromatic N) is 1. The lowest BCUT2D eigenvalue weighted by Crippen LogP contribution is -2.31. The van der Waals surface area contributed by atoms with E-state index in [-0.39, 0.29) is 18.4 Å². The normalized spacial score (nSPS) is 14.6. The molecule has 1 aliphatic heterocycles. The molecule has 1 aliphatic rings. The minimum absolute atomic E-state index is 0.227. The monoisotopic (exact) mass is 534 g/mol. The first-order valence-corrected chi connectivity index (χ1v) is 13.0. The fraction of sp³-hybridized carbons (Fsp3) is 0.0714. The van der Waals surface area contributed by atoms with E-state index in [1.807, 2.05) is 24.3 Å². The fourth-order valence-corrected chi connectivity index (χ4v) is 5.62. The zero-order chi connectivity index (χ0) is 25.2. The van der Waals surface area contributed by atoms with Gasteiger partial charge < -0.3 is 10.2 Å². The minimum Gasteiger partial charge on any atom is -0.348 e. The van der Waals surface area contributed by atoms with Crippen LogP contribution in [0, 0.1) is 0 Å². The van der Waals surface area contributed by atoms with E-state index in [1.54, 1.807) is 71.6 Å². The summed E-state index contributed by atoms with van der Waals surface area (Å²) in [5.74, 6) is -0.592. The van der Waals surface area contributed by atoms with Crippen molar-refractivity contribution in [2.75, 3.05) is 4.90 Å². The summed E-state index contributed by atoms with van der Waals surface area (Å²) in [6.45, 7) is 0.544.